The van der Waals surface area contributed by atoms with Gasteiger partial charge in [-0.05, 0) is 48.7 Å². The molecule has 1 N–H and O–H groups in total. The molecule has 0 saturated heterocycles. The molecule has 1 aromatic heterocycles. The molecule has 2 aromatic rings. The van der Waals surface area contributed by atoms with Crippen molar-refractivity contribution in [3.63, 3.8) is 0 Å². The summed E-state index contributed by atoms with van der Waals surface area (Å²) in [6.07, 6.45) is 4.71. The van der Waals surface area contributed by atoms with Gasteiger partial charge in [0.25, 0.3) is 0 Å². The van der Waals surface area contributed by atoms with Gasteiger partial charge in [0.15, 0.2) is 0 Å². The molecule has 0 aliphatic rings. The lowest BCUT2D eigenvalue weighted by atomic mass is 10.1. The maximum absolute atomic E-state index is 5.34. The van der Waals surface area contributed by atoms with Gasteiger partial charge in [0.1, 0.15) is 5.75 Å². The van der Waals surface area contributed by atoms with Gasteiger partial charge >= 0.3 is 0 Å². The Hall–Kier alpha value is -1.87. The van der Waals surface area contributed by atoms with E-state index in [-0.39, 0.29) is 0 Å². The molecule has 0 unspecified atom stereocenters. The second kappa shape index (κ2) is 6.90. The number of hydrogen-bond donors (Lipinski definition) is 1. The first-order valence-electron chi connectivity index (χ1n) is 6.53. The summed E-state index contributed by atoms with van der Waals surface area (Å²) in [5.41, 5.74) is 3.77. The first-order chi connectivity index (χ1) is 9.31. The molecule has 0 atom stereocenters. The third kappa shape index (κ3) is 3.80. The van der Waals surface area contributed by atoms with Crippen LogP contribution in [0, 0.1) is 6.92 Å². The van der Waals surface area contributed by atoms with E-state index >= 15 is 0 Å². The monoisotopic (exact) mass is 256 g/mol. The van der Waals surface area contributed by atoms with Crippen LogP contribution in [0.5, 0.6) is 5.75 Å². The highest BCUT2D eigenvalue weighted by Crippen LogP contribution is 2.17. The van der Waals surface area contributed by atoms with Crippen LogP contribution in [0.25, 0.3) is 0 Å². The molecule has 1 heterocycles. The number of hydrogen-bond acceptors (Lipinski definition) is 3. The van der Waals surface area contributed by atoms with Crippen LogP contribution < -0.4 is 10.1 Å². The average Bonchev–Trinajstić information content (AvgIpc) is 2.45. The Labute approximate surface area is 114 Å². The highest BCUT2D eigenvalue weighted by Gasteiger charge is 2.01. The van der Waals surface area contributed by atoms with Crippen molar-refractivity contribution in [3.8, 4) is 5.75 Å². The maximum Gasteiger partial charge on any atom is 0.122 e. The Morgan fingerprint density at radius 1 is 1.16 bits per heavy atom. The molecule has 2 rings (SSSR count). The molecule has 100 valence electrons. The number of rotatable bonds is 6. The van der Waals surface area contributed by atoms with E-state index in [0.717, 1.165) is 25.3 Å². The van der Waals surface area contributed by atoms with Gasteiger partial charge in [0.05, 0.1) is 7.11 Å². The zero-order valence-corrected chi connectivity index (χ0v) is 11.5. The Morgan fingerprint density at radius 3 is 2.79 bits per heavy atom. The van der Waals surface area contributed by atoms with Gasteiger partial charge in [-0.25, -0.2) is 0 Å². The molecule has 0 saturated carbocycles. The lowest BCUT2D eigenvalue weighted by Crippen LogP contribution is -2.17. The molecule has 3 heteroatoms. The number of pyridine rings is 1. The number of ether oxygens (including phenoxy) is 1. The van der Waals surface area contributed by atoms with Crippen LogP contribution in [0.1, 0.15) is 16.7 Å². The zero-order valence-electron chi connectivity index (χ0n) is 11.5. The van der Waals surface area contributed by atoms with E-state index < -0.39 is 0 Å². The maximum atomic E-state index is 5.34. The van der Waals surface area contributed by atoms with Gasteiger partial charge in [-0.1, -0.05) is 18.2 Å². The van der Waals surface area contributed by atoms with E-state index in [1.54, 1.807) is 7.11 Å². The van der Waals surface area contributed by atoms with Crippen LogP contribution >= 0.6 is 0 Å². The topological polar surface area (TPSA) is 34.1 Å². The SMILES string of the molecule is COc1ccccc1CCNCc1cnccc1C. The minimum Gasteiger partial charge on any atom is -0.496 e. The number of aryl methyl sites for hydroxylation is 1. The fraction of sp³-hybridized carbons (Fsp3) is 0.312. The minimum absolute atomic E-state index is 0.856. The largest absolute Gasteiger partial charge is 0.496 e. The molecule has 3 nitrogen and oxygen atoms in total. The van der Waals surface area contributed by atoms with E-state index in [1.165, 1.54) is 16.7 Å². The van der Waals surface area contributed by atoms with Crippen molar-refractivity contribution in [1.29, 1.82) is 0 Å². The lowest BCUT2D eigenvalue weighted by molar-refractivity contribution is 0.409. The van der Waals surface area contributed by atoms with Crippen LogP contribution in [0.4, 0.5) is 0 Å². The first-order valence-corrected chi connectivity index (χ1v) is 6.53. The van der Waals surface area contributed by atoms with Crippen LogP contribution in [-0.4, -0.2) is 18.6 Å². The van der Waals surface area contributed by atoms with E-state index in [1.807, 2.05) is 36.7 Å². The average molecular weight is 256 g/mol. The molecule has 0 bridgehead atoms. The summed E-state index contributed by atoms with van der Waals surface area (Å²) in [7, 11) is 1.71. The van der Waals surface area contributed by atoms with Gasteiger partial charge in [-0.15, -0.1) is 0 Å². The summed E-state index contributed by atoms with van der Waals surface area (Å²) in [5, 5.41) is 3.45. The quantitative estimate of drug-likeness (QED) is 0.807. The fourth-order valence-electron chi connectivity index (χ4n) is 2.04. The summed E-state index contributed by atoms with van der Waals surface area (Å²) < 4.78 is 5.34. The Bertz CT molecular complexity index is 526. The Kier molecular flexibility index (Phi) is 4.93. The molecule has 0 radical (unpaired) electrons. The molecular weight excluding hydrogens is 236 g/mol. The highest BCUT2D eigenvalue weighted by molar-refractivity contribution is 5.33. The summed E-state index contributed by atoms with van der Waals surface area (Å²) in [6, 6.07) is 10.2. The smallest absolute Gasteiger partial charge is 0.122 e. The summed E-state index contributed by atoms with van der Waals surface area (Å²) in [4.78, 5) is 4.15. The third-order valence-corrected chi connectivity index (χ3v) is 3.23. The normalized spacial score (nSPS) is 10.4. The lowest BCUT2D eigenvalue weighted by Gasteiger charge is -2.09. The molecule has 0 aliphatic heterocycles. The van der Waals surface area contributed by atoms with Crippen LogP contribution in [0.2, 0.25) is 0 Å². The summed E-state index contributed by atoms with van der Waals surface area (Å²) >= 11 is 0. The van der Waals surface area contributed by atoms with Gasteiger partial charge in [0.2, 0.25) is 0 Å². The number of para-hydroxylation sites is 1. The van der Waals surface area contributed by atoms with Crippen molar-refractivity contribution < 1.29 is 4.74 Å². The first kappa shape index (κ1) is 13.6. The van der Waals surface area contributed by atoms with E-state index in [4.69, 9.17) is 4.74 Å². The number of nitrogens with zero attached hydrogens (tertiary/aromatic N) is 1. The van der Waals surface area contributed by atoms with Gasteiger partial charge in [-0.2, -0.15) is 0 Å². The number of benzene rings is 1. The summed E-state index contributed by atoms with van der Waals surface area (Å²) in [6.45, 7) is 3.89. The van der Waals surface area contributed by atoms with Crippen molar-refractivity contribution in [2.75, 3.05) is 13.7 Å². The Balaban J connectivity index is 1.83. The van der Waals surface area contributed by atoms with Gasteiger partial charge in [0, 0.05) is 18.9 Å². The predicted octanol–water partition coefficient (Wildman–Crippen LogP) is 2.73. The molecule has 0 fully saturated rings. The van der Waals surface area contributed by atoms with Crippen LogP contribution in [0.3, 0.4) is 0 Å². The molecule has 0 aliphatic carbocycles. The highest BCUT2D eigenvalue weighted by atomic mass is 16.5. The Morgan fingerprint density at radius 2 is 2.00 bits per heavy atom. The molecule has 0 amide bonds. The second-order valence-corrected chi connectivity index (χ2v) is 4.54. The molecule has 1 aromatic carbocycles. The minimum atomic E-state index is 0.856. The number of methoxy groups -OCH3 is 1. The summed E-state index contributed by atoms with van der Waals surface area (Å²) in [5.74, 6) is 0.960. The van der Waals surface area contributed by atoms with E-state index in [9.17, 15) is 0 Å². The van der Waals surface area contributed by atoms with Crippen molar-refractivity contribution in [1.82, 2.24) is 10.3 Å². The van der Waals surface area contributed by atoms with Crippen LogP contribution in [-0.2, 0) is 13.0 Å². The zero-order chi connectivity index (χ0) is 13.5. The van der Waals surface area contributed by atoms with Gasteiger partial charge in [-0.3, -0.25) is 4.98 Å². The van der Waals surface area contributed by atoms with Crippen LogP contribution in [0.15, 0.2) is 42.7 Å². The molecule has 19 heavy (non-hydrogen) atoms. The van der Waals surface area contributed by atoms with Crippen molar-refractivity contribution >= 4 is 0 Å². The van der Waals surface area contributed by atoms with E-state index in [2.05, 4.69) is 23.3 Å². The molecular formula is C16H20N2O. The predicted molar refractivity (Wildman–Crippen MR) is 77.4 cm³/mol. The van der Waals surface area contributed by atoms with E-state index in [0.29, 0.717) is 0 Å². The third-order valence-electron chi connectivity index (χ3n) is 3.23. The van der Waals surface area contributed by atoms with Crippen molar-refractivity contribution in [2.24, 2.45) is 0 Å². The molecule has 0 spiro atoms. The van der Waals surface area contributed by atoms with Gasteiger partial charge < -0.3 is 10.1 Å². The van der Waals surface area contributed by atoms with Crippen molar-refractivity contribution in [3.05, 3.63) is 59.4 Å². The fourth-order valence-corrected chi connectivity index (χ4v) is 2.04. The number of nitrogens with one attached hydrogen (secondary N) is 1. The standard InChI is InChI=1S/C16H20N2O/c1-13-7-9-17-11-15(13)12-18-10-8-14-5-3-4-6-16(14)19-2/h3-7,9,11,18H,8,10,12H2,1-2H3. The van der Waals surface area contributed by atoms with Crippen molar-refractivity contribution in [2.45, 2.75) is 19.9 Å². The second-order valence-electron chi connectivity index (χ2n) is 4.54. The number of aromatic nitrogens is 1.